The standard InChI is InChI=1S/C14H27N5/c1-5-6-14(3,4)9-16-12-7-13(18-10-17-12)19-11(2)8-15/h7,10-11H,5-6,8-9,15H2,1-4H3,(H2,16,17,18,19). The summed E-state index contributed by atoms with van der Waals surface area (Å²) >= 11 is 0. The number of nitrogens with one attached hydrogen (secondary N) is 2. The number of hydrogen-bond acceptors (Lipinski definition) is 5. The largest absolute Gasteiger partial charge is 0.369 e. The fourth-order valence-electron chi connectivity index (χ4n) is 1.94. The molecule has 0 saturated heterocycles. The molecule has 0 radical (unpaired) electrons. The lowest BCUT2D eigenvalue weighted by atomic mass is 9.88. The van der Waals surface area contributed by atoms with Crippen molar-refractivity contribution in [3.8, 4) is 0 Å². The first-order valence-electron chi connectivity index (χ1n) is 6.99. The second-order valence-corrected chi connectivity index (χ2v) is 5.84. The lowest BCUT2D eigenvalue weighted by molar-refractivity contribution is 0.354. The van der Waals surface area contributed by atoms with Gasteiger partial charge in [-0.25, -0.2) is 9.97 Å². The van der Waals surface area contributed by atoms with Crippen LogP contribution in [-0.2, 0) is 0 Å². The molecule has 5 heteroatoms. The van der Waals surface area contributed by atoms with Gasteiger partial charge in [0.15, 0.2) is 0 Å². The molecule has 1 unspecified atom stereocenters. The van der Waals surface area contributed by atoms with Crippen LogP contribution in [0.2, 0.25) is 0 Å². The van der Waals surface area contributed by atoms with Crippen LogP contribution >= 0.6 is 0 Å². The number of aromatic nitrogens is 2. The van der Waals surface area contributed by atoms with Crippen LogP contribution in [0.25, 0.3) is 0 Å². The molecule has 0 aromatic carbocycles. The molecule has 4 N–H and O–H groups in total. The van der Waals surface area contributed by atoms with Gasteiger partial charge < -0.3 is 16.4 Å². The summed E-state index contributed by atoms with van der Waals surface area (Å²) in [4.78, 5) is 8.43. The highest BCUT2D eigenvalue weighted by Crippen LogP contribution is 2.22. The smallest absolute Gasteiger partial charge is 0.131 e. The molecule has 0 aliphatic heterocycles. The Morgan fingerprint density at radius 1 is 1.32 bits per heavy atom. The number of hydrogen-bond donors (Lipinski definition) is 3. The fourth-order valence-corrected chi connectivity index (χ4v) is 1.94. The van der Waals surface area contributed by atoms with Crippen LogP contribution in [-0.4, -0.2) is 29.1 Å². The Hall–Kier alpha value is -1.36. The Morgan fingerprint density at radius 2 is 2.00 bits per heavy atom. The summed E-state index contributed by atoms with van der Waals surface area (Å²) in [6.45, 7) is 10.3. The first-order chi connectivity index (χ1) is 8.96. The monoisotopic (exact) mass is 265 g/mol. The zero-order valence-electron chi connectivity index (χ0n) is 12.5. The first-order valence-corrected chi connectivity index (χ1v) is 6.99. The zero-order valence-corrected chi connectivity index (χ0v) is 12.5. The maximum Gasteiger partial charge on any atom is 0.131 e. The van der Waals surface area contributed by atoms with Crippen molar-refractivity contribution in [2.45, 2.75) is 46.6 Å². The van der Waals surface area contributed by atoms with Gasteiger partial charge in [-0.2, -0.15) is 0 Å². The van der Waals surface area contributed by atoms with Crippen LogP contribution in [0.3, 0.4) is 0 Å². The molecule has 1 atom stereocenters. The lowest BCUT2D eigenvalue weighted by Crippen LogP contribution is -2.26. The Balaban J connectivity index is 2.57. The van der Waals surface area contributed by atoms with Crippen LogP contribution in [0.5, 0.6) is 0 Å². The van der Waals surface area contributed by atoms with Gasteiger partial charge in [-0.1, -0.05) is 27.2 Å². The molecule has 1 aromatic rings. The summed E-state index contributed by atoms with van der Waals surface area (Å²) < 4.78 is 0. The molecule has 0 saturated carbocycles. The van der Waals surface area contributed by atoms with E-state index in [1.165, 1.54) is 12.8 Å². The summed E-state index contributed by atoms with van der Waals surface area (Å²) in [6, 6.07) is 2.13. The molecule has 0 aliphatic rings. The average Bonchev–Trinajstić information content (AvgIpc) is 2.37. The second-order valence-electron chi connectivity index (χ2n) is 5.84. The Labute approximate surface area is 116 Å². The Bertz CT molecular complexity index is 378. The van der Waals surface area contributed by atoms with Crippen LogP contribution in [0.4, 0.5) is 11.6 Å². The summed E-state index contributed by atoms with van der Waals surface area (Å²) in [7, 11) is 0. The predicted octanol–water partition coefficient (Wildman–Crippen LogP) is 2.47. The van der Waals surface area contributed by atoms with Gasteiger partial charge in [0.2, 0.25) is 0 Å². The molecule has 5 nitrogen and oxygen atoms in total. The highest BCUT2D eigenvalue weighted by molar-refractivity contribution is 5.46. The predicted molar refractivity (Wildman–Crippen MR) is 81.3 cm³/mol. The molecule has 1 heterocycles. The van der Waals surface area contributed by atoms with Gasteiger partial charge in [0.05, 0.1) is 0 Å². The van der Waals surface area contributed by atoms with Crippen LogP contribution in [0, 0.1) is 5.41 Å². The Kier molecular flexibility index (Phi) is 6.02. The van der Waals surface area contributed by atoms with E-state index in [-0.39, 0.29) is 11.5 Å². The fraction of sp³-hybridized carbons (Fsp3) is 0.714. The van der Waals surface area contributed by atoms with Gasteiger partial charge >= 0.3 is 0 Å². The average molecular weight is 265 g/mol. The van der Waals surface area contributed by atoms with E-state index in [9.17, 15) is 0 Å². The summed E-state index contributed by atoms with van der Waals surface area (Å²) in [5.74, 6) is 1.66. The van der Waals surface area contributed by atoms with Crippen molar-refractivity contribution in [2.75, 3.05) is 23.7 Å². The van der Waals surface area contributed by atoms with Crippen molar-refractivity contribution >= 4 is 11.6 Å². The topological polar surface area (TPSA) is 75.9 Å². The first kappa shape index (κ1) is 15.7. The van der Waals surface area contributed by atoms with E-state index in [1.807, 2.05) is 13.0 Å². The highest BCUT2D eigenvalue weighted by Gasteiger charge is 2.16. The molecule has 0 bridgehead atoms. The second kappa shape index (κ2) is 7.28. The molecule has 19 heavy (non-hydrogen) atoms. The van der Waals surface area contributed by atoms with Gasteiger partial charge in [0, 0.05) is 25.2 Å². The maximum atomic E-state index is 5.59. The molecule has 0 aliphatic carbocycles. The number of nitrogens with zero attached hydrogens (tertiary/aromatic N) is 2. The molecular formula is C14H27N5. The van der Waals surface area contributed by atoms with E-state index >= 15 is 0 Å². The van der Waals surface area contributed by atoms with E-state index in [4.69, 9.17) is 5.73 Å². The van der Waals surface area contributed by atoms with Gasteiger partial charge in [0.1, 0.15) is 18.0 Å². The molecule has 0 spiro atoms. The zero-order chi connectivity index (χ0) is 14.3. The van der Waals surface area contributed by atoms with Gasteiger partial charge in [-0.15, -0.1) is 0 Å². The molecular weight excluding hydrogens is 238 g/mol. The number of nitrogens with two attached hydrogens (primary N) is 1. The third-order valence-electron chi connectivity index (χ3n) is 3.09. The number of rotatable bonds is 8. The summed E-state index contributed by atoms with van der Waals surface area (Å²) in [5.41, 5.74) is 5.86. The molecule has 0 amide bonds. The van der Waals surface area contributed by atoms with Crippen molar-refractivity contribution in [3.63, 3.8) is 0 Å². The van der Waals surface area contributed by atoms with Gasteiger partial charge in [-0.3, -0.25) is 0 Å². The van der Waals surface area contributed by atoms with Crippen LogP contribution < -0.4 is 16.4 Å². The van der Waals surface area contributed by atoms with E-state index in [0.717, 1.165) is 18.2 Å². The van der Waals surface area contributed by atoms with Crippen molar-refractivity contribution < 1.29 is 0 Å². The van der Waals surface area contributed by atoms with E-state index in [1.54, 1.807) is 6.33 Å². The highest BCUT2D eigenvalue weighted by atomic mass is 15.1. The van der Waals surface area contributed by atoms with Crippen molar-refractivity contribution in [1.82, 2.24) is 9.97 Å². The minimum absolute atomic E-state index is 0.208. The normalized spacial score (nSPS) is 13.1. The SMILES string of the molecule is CCCC(C)(C)CNc1cc(NC(C)CN)ncn1. The summed E-state index contributed by atoms with van der Waals surface area (Å²) in [6.07, 6.45) is 3.96. The quantitative estimate of drug-likeness (QED) is 0.673. The third kappa shape index (κ3) is 5.87. The molecule has 1 aromatic heterocycles. The lowest BCUT2D eigenvalue weighted by Gasteiger charge is -2.24. The Morgan fingerprint density at radius 3 is 2.63 bits per heavy atom. The molecule has 108 valence electrons. The van der Waals surface area contributed by atoms with Crippen molar-refractivity contribution in [1.29, 1.82) is 0 Å². The molecule has 0 fully saturated rings. The minimum atomic E-state index is 0.208. The van der Waals surface area contributed by atoms with Gasteiger partial charge in [0.25, 0.3) is 0 Å². The third-order valence-corrected chi connectivity index (χ3v) is 3.09. The van der Waals surface area contributed by atoms with Crippen LogP contribution in [0.15, 0.2) is 12.4 Å². The number of anilines is 2. The van der Waals surface area contributed by atoms with Crippen LogP contribution in [0.1, 0.15) is 40.5 Å². The minimum Gasteiger partial charge on any atom is -0.369 e. The van der Waals surface area contributed by atoms with E-state index < -0.39 is 0 Å². The van der Waals surface area contributed by atoms with Crippen molar-refractivity contribution in [3.05, 3.63) is 12.4 Å². The molecule has 1 rings (SSSR count). The van der Waals surface area contributed by atoms with E-state index in [0.29, 0.717) is 6.54 Å². The van der Waals surface area contributed by atoms with Crippen molar-refractivity contribution in [2.24, 2.45) is 11.1 Å². The maximum absolute atomic E-state index is 5.59. The summed E-state index contributed by atoms with van der Waals surface area (Å²) in [5, 5.41) is 6.62. The van der Waals surface area contributed by atoms with Gasteiger partial charge in [-0.05, 0) is 18.8 Å². The van der Waals surface area contributed by atoms with E-state index in [2.05, 4.69) is 41.4 Å².